The fraction of sp³-hybridized carbons (Fsp3) is 0.385. The van der Waals surface area contributed by atoms with E-state index in [1.165, 1.54) is 0 Å². The van der Waals surface area contributed by atoms with E-state index in [2.05, 4.69) is 25.6 Å². The molecule has 2 fully saturated rings. The fourth-order valence-electron chi connectivity index (χ4n) is 7.27. The molecule has 0 bridgehead atoms. The topological polar surface area (TPSA) is 163 Å². The molecule has 6 rings (SSSR count). The summed E-state index contributed by atoms with van der Waals surface area (Å²) in [6.45, 7) is 6.79. The van der Waals surface area contributed by atoms with Crippen molar-refractivity contribution in [2.24, 2.45) is 11.0 Å². The van der Waals surface area contributed by atoms with Gasteiger partial charge in [-0.15, -0.1) is 0 Å². The summed E-state index contributed by atoms with van der Waals surface area (Å²) >= 11 is 0. The van der Waals surface area contributed by atoms with Crippen LogP contribution in [0.3, 0.4) is 0 Å². The highest BCUT2D eigenvalue weighted by atomic mass is 16.2. The maximum absolute atomic E-state index is 13.9. The van der Waals surface area contributed by atoms with Gasteiger partial charge in [0, 0.05) is 52.4 Å². The Balaban J connectivity index is 1.11. The average molecular weight is 689 g/mol. The molecule has 2 aliphatic rings. The van der Waals surface area contributed by atoms with E-state index in [1.807, 2.05) is 92.7 Å². The van der Waals surface area contributed by atoms with Crippen molar-refractivity contribution >= 4 is 45.9 Å². The molecule has 12 nitrogen and oxygen atoms in total. The zero-order valence-corrected chi connectivity index (χ0v) is 29.2. The van der Waals surface area contributed by atoms with E-state index in [0.29, 0.717) is 50.1 Å². The normalized spacial score (nSPS) is 18.4. The molecule has 3 aromatic carbocycles. The number of amides is 4. The minimum Gasteiger partial charge on any atom is -0.355 e. The Morgan fingerprint density at radius 3 is 2.14 bits per heavy atom. The number of likely N-dealkylation sites (tertiary alicyclic amines) is 2. The van der Waals surface area contributed by atoms with Gasteiger partial charge in [0.15, 0.2) is 0 Å². The molecule has 0 aliphatic carbocycles. The summed E-state index contributed by atoms with van der Waals surface area (Å²) in [7, 11) is 0. The molecule has 51 heavy (non-hydrogen) atoms. The molecule has 12 heteroatoms. The molecule has 1 aromatic heterocycles. The molecule has 2 aliphatic heterocycles. The molecule has 2 saturated heterocycles. The average Bonchev–Trinajstić information content (AvgIpc) is 3.89. The largest absolute Gasteiger partial charge is 0.355 e. The lowest BCUT2D eigenvalue weighted by atomic mass is 9.91. The number of rotatable bonds is 11. The van der Waals surface area contributed by atoms with Crippen molar-refractivity contribution in [3.8, 4) is 11.3 Å². The maximum Gasteiger partial charge on any atom is 0.247 e. The number of azide groups is 1. The molecular formula is C39H44N8O4. The zero-order chi connectivity index (χ0) is 36.1. The van der Waals surface area contributed by atoms with E-state index >= 15 is 0 Å². The summed E-state index contributed by atoms with van der Waals surface area (Å²) < 4.78 is 0. The van der Waals surface area contributed by atoms with Gasteiger partial charge in [-0.05, 0) is 84.7 Å². The van der Waals surface area contributed by atoms with Crippen molar-refractivity contribution in [2.75, 3.05) is 23.7 Å². The number of carbonyl (C=O) groups excluding carboxylic acids is 4. The first kappa shape index (κ1) is 35.2. The molecule has 4 aromatic rings. The lowest BCUT2D eigenvalue weighted by Crippen LogP contribution is -2.46. The van der Waals surface area contributed by atoms with Gasteiger partial charge in [0.2, 0.25) is 23.6 Å². The standard InChI is InChI=1S/C39H44N8O4/c1-24(2)21-35(48)46-19-7-11-33(46)37(49)41-29-15-13-26(14-16-29)32-23-28-22-30(17-18-31(28)43-32)42-38(50)34-12-8-20-47(34)39(51)36(25(3)44-45-40)27-9-5-4-6-10-27/h4-6,9-10,13-18,22-25,33-34,36,43H,7-8,11-12,19-21H2,1-3H3,(H,41,49)(H,42,50)/t25?,33-,34-,36+/m0/s1. The van der Waals surface area contributed by atoms with Gasteiger partial charge in [0.05, 0.1) is 12.0 Å². The van der Waals surface area contributed by atoms with Crippen LogP contribution < -0.4 is 10.6 Å². The Kier molecular flexibility index (Phi) is 10.7. The van der Waals surface area contributed by atoms with Gasteiger partial charge in [-0.1, -0.05) is 68.4 Å². The van der Waals surface area contributed by atoms with Gasteiger partial charge >= 0.3 is 0 Å². The smallest absolute Gasteiger partial charge is 0.247 e. The second-order valence-electron chi connectivity index (χ2n) is 13.9. The lowest BCUT2D eigenvalue weighted by Gasteiger charge is -2.30. The predicted molar refractivity (Wildman–Crippen MR) is 198 cm³/mol. The molecular weight excluding hydrogens is 644 g/mol. The van der Waals surface area contributed by atoms with Gasteiger partial charge in [-0.3, -0.25) is 19.2 Å². The molecule has 0 spiro atoms. The van der Waals surface area contributed by atoms with E-state index in [1.54, 1.807) is 16.7 Å². The van der Waals surface area contributed by atoms with Crippen molar-refractivity contribution < 1.29 is 19.2 Å². The van der Waals surface area contributed by atoms with Crippen LogP contribution in [0.4, 0.5) is 11.4 Å². The first-order valence-corrected chi connectivity index (χ1v) is 17.7. The summed E-state index contributed by atoms with van der Waals surface area (Å²) in [5.41, 5.74) is 13.8. The number of H-pyrrole nitrogens is 1. The minimum atomic E-state index is -0.696. The number of fused-ring (bicyclic) bond motifs is 1. The van der Waals surface area contributed by atoms with Crippen LogP contribution in [0.1, 0.15) is 64.4 Å². The minimum absolute atomic E-state index is 0.0284. The number of benzene rings is 3. The summed E-state index contributed by atoms with van der Waals surface area (Å²) in [4.78, 5) is 62.9. The Hall–Kier alpha value is -5.61. The van der Waals surface area contributed by atoms with E-state index in [9.17, 15) is 19.2 Å². The molecule has 0 radical (unpaired) electrons. The number of anilines is 2. The summed E-state index contributed by atoms with van der Waals surface area (Å²) in [6, 6.07) is 22.7. The highest BCUT2D eigenvalue weighted by Gasteiger charge is 2.39. The Morgan fingerprint density at radius 1 is 0.843 bits per heavy atom. The number of carbonyl (C=O) groups is 4. The quantitative estimate of drug-likeness (QED) is 0.0861. The van der Waals surface area contributed by atoms with Gasteiger partial charge in [-0.2, -0.15) is 0 Å². The third kappa shape index (κ3) is 7.91. The van der Waals surface area contributed by atoms with E-state index in [0.717, 1.165) is 34.1 Å². The van der Waals surface area contributed by atoms with E-state index in [4.69, 9.17) is 5.53 Å². The zero-order valence-electron chi connectivity index (χ0n) is 29.2. The third-order valence-electron chi connectivity index (χ3n) is 9.79. The molecule has 4 atom stereocenters. The number of nitrogens with zero attached hydrogens (tertiary/aromatic N) is 5. The molecule has 3 N–H and O–H groups in total. The Bertz CT molecular complexity index is 1950. The molecule has 1 unspecified atom stereocenters. The van der Waals surface area contributed by atoms with Crippen molar-refractivity contribution in [3.05, 3.63) is 94.9 Å². The van der Waals surface area contributed by atoms with Crippen molar-refractivity contribution in [1.29, 1.82) is 0 Å². The molecule has 0 saturated carbocycles. The summed E-state index contributed by atoms with van der Waals surface area (Å²) in [5, 5.41) is 10.7. The SMILES string of the molecule is CC(C)CC(=O)N1CCC[C@H]1C(=O)Nc1ccc(-c2cc3cc(NC(=O)[C@@H]4CCCN4C(=O)[C@@H](c4ccccc4)C(C)N=[N+]=[N-])ccc3[nH]2)cc1. The molecule has 264 valence electrons. The second-order valence-corrected chi connectivity index (χ2v) is 13.9. The van der Waals surface area contributed by atoms with Crippen LogP contribution in [0.25, 0.3) is 32.6 Å². The van der Waals surface area contributed by atoms with Crippen molar-refractivity contribution in [2.45, 2.75) is 76.9 Å². The lowest BCUT2D eigenvalue weighted by molar-refractivity contribution is -0.138. The number of aromatic amines is 1. The van der Waals surface area contributed by atoms with Crippen LogP contribution in [0.2, 0.25) is 0 Å². The first-order valence-electron chi connectivity index (χ1n) is 17.7. The fourth-order valence-corrected chi connectivity index (χ4v) is 7.27. The van der Waals surface area contributed by atoms with Crippen LogP contribution in [0.5, 0.6) is 0 Å². The number of hydrogen-bond donors (Lipinski definition) is 3. The van der Waals surface area contributed by atoms with Crippen molar-refractivity contribution in [3.63, 3.8) is 0 Å². The highest BCUT2D eigenvalue weighted by molar-refractivity contribution is 6.01. The van der Waals surface area contributed by atoms with Crippen LogP contribution in [-0.4, -0.2) is 69.6 Å². The predicted octanol–water partition coefficient (Wildman–Crippen LogP) is 7.22. The summed E-state index contributed by atoms with van der Waals surface area (Å²) in [5.74, 6) is -1.08. The number of aromatic nitrogens is 1. The van der Waals surface area contributed by atoms with Gasteiger partial charge < -0.3 is 25.4 Å². The maximum atomic E-state index is 13.9. The third-order valence-corrected chi connectivity index (χ3v) is 9.79. The van der Waals surface area contributed by atoms with E-state index in [-0.39, 0.29) is 29.5 Å². The summed E-state index contributed by atoms with van der Waals surface area (Å²) in [6.07, 6.45) is 3.15. The first-order chi connectivity index (χ1) is 24.6. The van der Waals surface area contributed by atoms with Crippen LogP contribution in [0, 0.1) is 5.92 Å². The van der Waals surface area contributed by atoms with E-state index < -0.39 is 24.0 Å². The second kappa shape index (κ2) is 15.5. The number of nitrogens with one attached hydrogen (secondary N) is 3. The van der Waals surface area contributed by atoms with Crippen LogP contribution in [0.15, 0.2) is 84.0 Å². The molecule has 3 heterocycles. The van der Waals surface area contributed by atoms with Gasteiger partial charge in [-0.25, -0.2) is 0 Å². The Morgan fingerprint density at radius 2 is 1.47 bits per heavy atom. The Labute approximate surface area is 297 Å². The van der Waals surface area contributed by atoms with Crippen molar-refractivity contribution in [1.82, 2.24) is 14.8 Å². The van der Waals surface area contributed by atoms with Gasteiger partial charge in [0.1, 0.15) is 12.1 Å². The van der Waals surface area contributed by atoms with Crippen LogP contribution >= 0.6 is 0 Å². The molecule has 4 amide bonds. The van der Waals surface area contributed by atoms with Gasteiger partial charge in [0.25, 0.3) is 0 Å². The number of hydrogen-bond acceptors (Lipinski definition) is 5. The van der Waals surface area contributed by atoms with Crippen LogP contribution in [-0.2, 0) is 19.2 Å². The monoisotopic (exact) mass is 688 g/mol. The highest BCUT2D eigenvalue weighted by Crippen LogP contribution is 2.31.